The third kappa shape index (κ3) is 3.86. The first-order valence-electron chi connectivity index (χ1n) is 12.3. The zero-order valence-electron chi connectivity index (χ0n) is 20.3. The molecule has 0 spiro atoms. The van der Waals surface area contributed by atoms with Gasteiger partial charge in [-0.25, -0.2) is 8.78 Å². The number of halogens is 3. The van der Waals surface area contributed by atoms with Crippen LogP contribution in [0.15, 0.2) is 42.9 Å². The number of hydrogen-bond donors (Lipinski definition) is 2. The lowest BCUT2D eigenvalue weighted by Gasteiger charge is -2.53. The van der Waals surface area contributed by atoms with Gasteiger partial charge in [0.1, 0.15) is 0 Å². The molecule has 2 aromatic heterocycles. The maximum absolute atomic E-state index is 14.1. The van der Waals surface area contributed by atoms with Crippen LogP contribution in [0.1, 0.15) is 48.9 Å². The molecular formula is C27H26F3N5O2. The van der Waals surface area contributed by atoms with Gasteiger partial charge >= 0.3 is 0 Å². The van der Waals surface area contributed by atoms with Gasteiger partial charge in [0.25, 0.3) is 5.91 Å². The van der Waals surface area contributed by atoms with Gasteiger partial charge < -0.3 is 10.4 Å². The van der Waals surface area contributed by atoms with Crippen molar-refractivity contribution in [2.45, 2.75) is 44.1 Å². The molecule has 2 aromatic carbocycles. The summed E-state index contributed by atoms with van der Waals surface area (Å²) in [6.45, 7) is 0.293. The van der Waals surface area contributed by atoms with Gasteiger partial charge in [-0.2, -0.15) is 14.6 Å². The topological polar surface area (TPSA) is 85.0 Å². The van der Waals surface area contributed by atoms with Crippen molar-refractivity contribution in [3.63, 3.8) is 0 Å². The van der Waals surface area contributed by atoms with Crippen molar-refractivity contribution in [3.05, 3.63) is 65.9 Å². The van der Waals surface area contributed by atoms with Crippen molar-refractivity contribution >= 4 is 16.8 Å². The summed E-state index contributed by atoms with van der Waals surface area (Å²) in [5.41, 5.74) is 2.04. The van der Waals surface area contributed by atoms with E-state index in [1.807, 2.05) is 19.4 Å². The van der Waals surface area contributed by atoms with Crippen molar-refractivity contribution in [2.75, 3.05) is 6.54 Å². The number of carbonyl (C=O) groups is 1. The van der Waals surface area contributed by atoms with Crippen LogP contribution >= 0.6 is 0 Å². The van der Waals surface area contributed by atoms with E-state index in [4.69, 9.17) is 5.10 Å². The number of carbonyl (C=O) groups excluding carboxylic acids is 1. The third-order valence-corrected chi connectivity index (χ3v) is 8.40. The van der Waals surface area contributed by atoms with Gasteiger partial charge in [-0.1, -0.05) is 12.1 Å². The Morgan fingerprint density at radius 1 is 1.03 bits per heavy atom. The summed E-state index contributed by atoms with van der Waals surface area (Å²) in [7, 11) is 1.89. The zero-order chi connectivity index (χ0) is 25.9. The molecule has 192 valence electrons. The van der Waals surface area contributed by atoms with E-state index in [1.165, 1.54) is 0 Å². The molecule has 0 aliphatic heterocycles. The second kappa shape index (κ2) is 8.36. The van der Waals surface area contributed by atoms with Gasteiger partial charge in [0, 0.05) is 36.9 Å². The highest BCUT2D eigenvalue weighted by molar-refractivity contribution is 5.94. The summed E-state index contributed by atoms with van der Waals surface area (Å²) in [6, 6.07) is 6.76. The van der Waals surface area contributed by atoms with E-state index in [0.717, 1.165) is 60.6 Å². The largest absolute Gasteiger partial charge is 0.503 e. The summed E-state index contributed by atoms with van der Waals surface area (Å²) in [4.78, 5) is 12.5. The number of phenolic OH excluding ortho intramolecular Hbond substituents is 1. The minimum atomic E-state index is -1.76. The van der Waals surface area contributed by atoms with E-state index in [-0.39, 0.29) is 11.0 Å². The lowest BCUT2D eigenvalue weighted by molar-refractivity contribution is -0.00564. The predicted octanol–water partition coefficient (Wildman–Crippen LogP) is 5.04. The number of nitrogens with zero attached hydrogens (tertiary/aromatic N) is 4. The molecule has 2 bridgehead atoms. The van der Waals surface area contributed by atoms with Gasteiger partial charge in [-0.3, -0.25) is 14.2 Å². The van der Waals surface area contributed by atoms with E-state index >= 15 is 0 Å². The highest BCUT2D eigenvalue weighted by Crippen LogP contribution is 2.55. The first-order valence-corrected chi connectivity index (χ1v) is 12.3. The van der Waals surface area contributed by atoms with Crippen LogP contribution in [0.4, 0.5) is 13.2 Å². The van der Waals surface area contributed by atoms with Crippen LogP contribution in [0, 0.1) is 22.9 Å². The Balaban J connectivity index is 1.16. The van der Waals surface area contributed by atoms with E-state index in [2.05, 4.69) is 39.5 Å². The van der Waals surface area contributed by atoms with Crippen LogP contribution in [0.2, 0.25) is 0 Å². The molecule has 3 aliphatic carbocycles. The molecule has 2 N–H and O–H groups in total. The Morgan fingerprint density at radius 3 is 2.43 bits per heavy atom. The maximum atomic E-state index is 14.1. The van der Waals surface area contributed by atoms with Crippen molar-refractivity contribution < 1.29 is 23.1 Å². The molecule has 1 amide bonds. The number of phenols is 1. The molecule has 10 heteroatoms. The number of aromatic nitrogens is 4. The summed E-state index contributed by atoms with van der Waals surface area (Å²) in [6.07, 6.45) is 11.2. The van der Waals surface area contributed by atoms with Gasteiger partial charge in [0.05, 0.1) is 22.8 Å². The first kappa shape index (κ1) is 23.6. The quantitative estimate of drug-likeness (QED) is 0.369. The van der Waals surface area contributed by atoms with Crippen LogP contribution in [-0.2, 0) is 12.6 Å². The second-order valence-electron chi connectivity index (χ2n) is 10.5. The van der Waals surface area contributed by atoms with Crippen LogP contribution in [0.5, 0.6) is 5.75 Å². The Bertz CT molecular complexity index is 1520. The number of nitrogens with one attached hydrogen (secondary N) is 1. The molecule has 3 saturated carbocycles. The number of hydrogen-bond acceptors (Lipinski definition) is 4. The summed E-state index contributed by atoms with van der Waals surface area (Å²) < 4.78 is 45.4. The highest BCUT2D eigenvalue weighted by Gasteiger charge is 2.50. The van der Waals surface area contributed by atoms with Gasteiger partial charge in [-0.05, 0) is 61.6 Å². The first-order chi connectivity index (χ1) is 17.7. The van der Waals surface area contributed by atoms with E-state index < -0.39 is 34.7 Å². The fourth-order valence-corrected chi connectivity index (χ4v) is 5.98. The van der Waals surface area contributed by atoms with E-state index in [1.54, 1.807) is 4.68 Å². The molecule has 3 aliphatic rings. The number of fused-ring (bicyclic) bond motifs is 4. The normalized spacial score (nSPS) is 23.0. The standard InChI is InChI=1S/C27H26F3N5O2/c1-34-13-18(12-32-34)16-2-3-17-14-35(33-21(17)10-16)27-7-4-26(5-8-27,6-9-27)15-31-25(37)19-11-20(28)24(36)23(30)22(19)29/h2-3,10-14,36H,4-9,15H2,1H3,(H,31,37)/t26-,27+. The molecule has 0 saturated heterocycles. The Morgan fingerprint density at radius 2 is 1.76 bits per heavy atom. The van der Waals surface area contributed by atoms with Crippen molar-refractivity contribution in [1.82, 2.24) is 24.9 Å². The van der Waals surface area contributed by atoms with E-state index in [9.17, 15) is 23.1 Å². The fraction of sp³-hybridized carbons (Fsp3) is 0.370. The fourth-order valence-electron chi connectivity index (χ4n) is 5.98. The van der Waals surface area contributed by atoms with Crippen LogP contribution < -0.4 is 5.32 Å². The maximum Gasteiger partial charge on any atom is 0.254 e. The van der Waals surface area contributed by atoms with Gasteiger partial charge in [-0.15, -0.1) is 0 Å². The molecule has 7 nitrogen and oxygen atoms in total. The minimum Gasteiger partial charge on any atom is -0.503 e. The molecule has 0 radical (unpaired) electrons. The van der Waals surface area contributed by atoms with Crippen molar-refractivity contribution in [3.8, 4) is 16.9 Å². The summed E-state index contributed by atoms with van der Waals surface area (Å²) >= 11 is 0. The number of aromatic hydroxyl groups is 1. The number of benzene rings is 2. The smallest absolute Gasteiger partial charge is 0.254 e. The number of rotatable bonds is 5. The Hall–Kier alpha value is -3.82. The number of aryl methyl sites for hydroxylation is 1. The summed E-state index contributed by atoms with van der Waals surface area (Å²) in [5, 5.41) is 22.2. The average Bonchev–Trinajstić information content (AvgIpc) is 3.55. The number of amides is 1. The Kier molecular flexibility index (Phi) is 5.32. The SMILES string of the molecule is Cn1cc(-c2ccc3cn([C@]45CC[C@](CNC(=O)c6cc(F)c(O)c(F)c6F)(CC4)CC5)nc3c2)cn1. The van der Waals surface area contributed by atoms with Crippen LogP contribution in [0.3, 0.4) is 0 Å². The highest BCUT2D eigenvalue weighted by atomic mass is 19.2. The average molecular weight is 510 g/mol. The van der Waals surface area contributed by atoms with E-state index in [0.29, 0.717) is 12.6 Å². The molecular weight excluding hydrogens is 483 g/mol. The van der Waals surface area contributed by atoms with Crippen LogP contribution in [0.25, 0.3) is 22.0 Å². The van der Waals surface area contributed by atoms with Crippen LogP contribution in [-0.4, -0.2) is 37.1 Å². The molecule has 0 atom stereocenters. The molecule has 3 fully saturated rings. The van der Waals surface area contributed by atoms with Gasteiger partial charge in [0.2, 0.25) is 5.82 Å². The van der Waals surface area contributed by atoms with Gasteiger partial charge in [0.15, 0.2) is 17.4 Å². The third-order valence-electron chi connectivity index (χ3n) is 8.40. The lowest BCUT2D eigenvalue weighted by atomic mass is 9.57. The predicted molar refractivity (Wildman–Crippen MR) is 130 cm³/mol. The van der Waals surface area contributed by atoms with Crippen molar-refractivity contribution in [2.24, 2.45) is 12.5 Å². The molecule has 7 rings (SSSR count). The Labute approximate surface area is 210 Å². The molecule has 37 heavy (non-hydrogen) atoms. The van der Waals surface area contributed by atoms with Crippen molar-refractivity contribution in [1.29, 1.82) is 0 Å². The second-order valence-corrected chi connectivity index (χ2v) is 10.5. The summed E-state index contributed by atoms with van der Waals surface area (Å²) in [5.74, 6) is -7.01. The monoisotopic (exact) mass is 509 g/mol. The molecule has 0 unspecified atom stereocenters. The lowest BCUT2D eigenvalue weighted by Crippen LogP contribution is -2.51. The minimum absolute atomic E-state index is 0.0887. The zero-order valence-corrected chi connectivity index (χ0v) is 20.3. The molecule has 2 heterocycles. The molecule has 4 aromatic rings.